The molecule has 0 fully saturated rings. The maximum atomic E-state index is 13.5. The smallest absolute Gasteiger partial charge is 0.227 e. The van der Waals surface area contributed by atoms with Gasteiger partial charge in [-0.05, 0) is 25.1 Å². The maximum absolute atomic E-state index is 13.5. The van der Waals surface area contributed by atoms with Crippen LogP contribution in [-0.4, -0.2) is 33.6 Å². The molecule has 1 atom stereocenters. The Labute approximate surface area is 142 Å². The molecule has 1 amide bonds. The van der Waals surface area contributed by atoms with E-state index in [1.807, 2.05) is 6.92 Å². The van der Waals surface area contributed by atoms with Crippen molar-refractivity contribution < 1.29 is 23.4 Å². The van der Waals surface area contributed by atoms with E-state index in [4.69, 9.17) is 9.15 Å². The number of aromatic nitrogens is 2. The van der Waals surface area contributed by atoms with Crippen molar-refractivity contribution in [1.82, 2.24) is 15.3 Å². The quantitative estimate of drug-likeness (QED) is 0.738. The first-order chi connectivity index (χ1) is 11.9. The van der Waals surface area contributed by atoms with Crippen molar-refractivity contribution in [3.8, 4) is 23.1 Å². The highest BCUT2D eigenvalue weighted by molar-refractivity contribution is 5.76. The molecule has 7 nitrogen and oxygen atoms in total. The fraction of sp³-hybridized carbons (Fsp3) is 0.235. The van der Waals surface area contributed by atoms with Gasteiger partial charge in [0.15, 0.2) is 17.1 Å². The van der Waals surface area contributed by atoms with Gasteiger partial charge in [-0.2, -0.15) is 0 Å². The van der Waals surface area contributed by atoms with E-state index in [0.29, 0.717) is 22.5 Å². The van der Waals surface area contributed by atoms with Crippen LogP contribution in [0.4, 0.5) is 4.39 Å². The molecule has 0 aliphatic carbocycles. The molecule has 0 saturated heterocycles. The summed E-state index contributed by atoms with van der Waals surface area (Å²) < 4.78 is 24.6. The van der Waals surface area contributed by atoms with Gasteiger partial charge in [-0.1, -0.05) is 0 Å². The van der Waals surface area contributed by atoms with Crippen molar-refractivity contribution in [1.29, 1.82) is 0 Å². The number of ether oxygens (including phenoxy) is 1. The molecule has 130 valence electrons. The number of pyridine rings is 1. The molecular weight excluding hydrogens is 329 g/mol. The third-order valence-corrected chi connectivity index (χ3v) is 3.38. The number of benzene rings is 1. The van der Waals surface area contributed by atoms with Gasteiger partial charge in [0, 0.05) is 18.6 Å². The number of halogens is 1. The van der Waals surface area contributed by atoms with Crippen LogP contribution in [0.5, 0.6) is 11.6 Å². The number of rotatable bonds is 5. The van der Waals surface area contributed by atoms with Crippen molar-refractivity contribution in [2.45, 2.75) is 19.9 Å². The molecule has 1 aromatic carbocycles. The van der Waals surface area contributed by atoms with E-state index in [9.17, 15) is 14.3 Å². The number of hydrogen-bond donors (Lipinski definition) is 2. The monoisotopic (exact) mass is 345 g/mol. The zero-order valence-corrected chi connectivity index (χ0v) is 13.6. The summed E-state index contributed by atoms with van der Waals surface area (Å²) in [6.45, 7) is 3.50. The lowest BCUT2D eigenvalue weighted by Gasteiger charge is -2.12. The van der Waals surface area contributed by atoms with Crippen molar-refractivity contribution in [2.75, 3.05) is 6.61 Å². The molecule has 3 rings (SSSR count). The van der Waals surface area contributed by atoms with Crippen LogP contribution in [0.15, 0.2) is 34.9 Å². The second kappa shape index (κ2) is 6.76. The number of fused-ring (bicyclic) bond motifs is 1. The molecule has 2 heterocycles. The molecule has 25 heavy (non-hydrogen) atoms. The zero-order valence-electron chi connectivity index (χ0n) is 13.6. The van der Waals surface area contributed by atoms with Crippen LogP contribution < -0.4 is 10.1 Å². The van der Waals surface area contributed by atoms with Crippen LogP contribution in [-0.2, 0) is 4.79 Å². The molecule has 0 aliphatic heterocycles. The summed E-state index contributed by atoms with van der Waals surface area (Å²) in [4.78, 5) is 19.3. The number of carbonyl (C=O) groups is 1. The molecular formula is C17H16FN3O4. The first-order valence-electron chi connectivity index (χ1n) is 7.58. The topological polar surface area (TPSA) is 97.5 Å². The van der Waals surface area contributed by atoms with Gasteiger partial charge in [-0.3, -0.25) is 4.79 Å². The number of carbonyl (C=O) groups excluding carboxylic acids is 1. The average Bonchev–Trinajstić information content (AvgIpc) is 2.98. The number of amides is 1. The second-order valence-corrected chi connectivity index (χ2v) is 5.59. The van der Waals surface area contributed by atoms with Gasteiger partial charge in [0.25, 0.3) is 0 Å². The molecule has 8 heteroatoms. The SMILES string of the molecule is CC(=O)N[C@@H](C)COc1cc2oc(-c3ccc(O)c(F)c3)nc2cn1. The van der Waals surface area contributed by atoms with Crippen LogP contribution in [0.3, 0.4) is 0 Å². The summed E-state index contributed by atoms with van der Waals surface area (Å²) in [6, 6.07) is 5.28. The number of nitrogens with one attached hydrogen (secondary N) is 1. The number of oxazole rings is 1. The van der Waals surface area contributed by atoms with Crippen LogP contribution in [0, 0.1) is 5.82 Å². The number of phenolic OH excluding ortho intramolecular Hbond substituents is 1. The molecule has 3 aromatic rings. The summed E-state index contributed by atoms with van der Waals surface area (Å²) in [5, 5.41) is 11.9. The molecule has 0 radical (unpaired) electrons. The minimum atomic E-state index is -0.756. The molecule has 0 bridgehead atoms. The Morgan fingerprint density at radius 2 is 2.24 bits per heavy atom. The second-order valence-electron chi connectivity index (χ2n) is 5.59. The lowest BCUT2D eigenvalue weighted by Crippen LogP contribution is -2.35. The average molecular weight is 345 g/mol. The number of nitrogens with zero attached hydrogens (tertiary/aromatic N) is 2. The van der Waals surface area contributed by atoms with E-state index in [-0.39, 0.29) is 24.4 Å². The van der Waals surface area contributed by atoms with Crippen molar-refractivity contribution in [3.63, 3.8) is 0 Å². The van der Waals surface area contributed by atoms with Gasteiger partial charge in [-0.15, -0.1) is 0 Å². The predicted octanol–water partition coefficient (Wildman–Crippen LogP) is 2.64. The van der Waals surface area contributed by atoms with Gasteiger partial charge < -0.3 is 19.6 Å². The van der Waals surface area contributed by atoms with Crippen molar-refractivity contribution in [3.05, 3.63) is 36.3 Å². The van der Waals surface area contributed by atoms with E-state index in [0.717, 1.165) is 6.07 Å². The Hall–Kier alpha value is -3.16. The number of hydrogen-bond acceptors (Lipinski definition) is 6. The lowest BCUT2D eigenvalue weighted by atomic mass is 10.2. The van der Waals surface area contributed by atoms with Crippen LogP contribution in [0.1, 0.15) is 13.8 Å². The number of aromatic hydroxyl groups is 1. The number of phenols is 1. The molecule has 0 saturated carbocycles. The third-order valence-electron chi connectivity index (χ3n) is 3.38. The van der Waals surface area contributed by atoms with Crippen LogP contribution >= 0.6 is 0 Å². The fourth-order valence-electron chi connectivity index (χ4n) is 2.26. The first-order valence-corrected chi connectivity index (χ1v) is 7.58. The van der Waals surface area contributed by atoms with Crippen molar-refractivity contribution >= 4 is 17.0 Å². The Kier molecular flexibility index (Phi) is 4.51. The summed E-state index contributed by atoms with van der Waals surface area (Å²) in [6.07, 6.45) is 1.48. The molecule has 0 unspecified atom stereocenters. The predicted molar refractivity (Wildman–Crippen MR) is 87.6 cm³/mol. The fourth-order valence-corrected chi connectivity index (χ4v) is 2.26. The van der Waals surface area contributed by atoms with Gasteiger partial charge >= 0.3 is 0 Å². The van der Waals surface area contributed by atoms with E-state index < -0.39 is 11.6 Å². The first kappa shape index (κ1) is 16.7. The standard InChI is InChI=1S/C17H16FN3O4/c1-9(20-10(2)22)8-24-16-6-15-13(7-19-16)21-17(25-15)11-3-4-14(23)12(18)5-11/h3-7,9,23H,8H2,1-2H3,(H,20,22)/t9-/m0/s1. The Balaban J connectivity index is 1.79. The van der Waals surface area contributed by atoms with E-state index in [1.54, 1.807) is 6.07 Å². The zero-order chi connectivity index (χ0) is 18.0. The largest absolute Gasteiger partial charge is 0.505 e. The van der Waals surface area contributed by atoms with E-state index in [1.165, 1.54) is 25.3 Å². The Bertz CT molecular complexity index is 925. The van der Waals surface area contributed by atoms with Crippen LogP contribution in [0.25, 0.3) is 22.6 Å². The summed E-state index contributed by atoms with van der Waals surface area (Å²) in [5.41, 5.74) is 1.32. The van der Waals surface area contributed by atoms with E-state index >= 15 is 0 Å². The summed E-state index contributed by atoms with van der Waals surface area (Å²) in [7, 11) is 0. The minimum absolute atomic E-state index is 0.138. The van der Waals surface area contributed by atoms with Gasteiger partial charge in [0.1, 0.15) is 12.1 Å². The highest BCUT2D eigenvalue weighted by Crippen LogP contribution is 2.28. The Morgan fingerprint density at radius 3 is 2.96 bits per heavy atom. The van der Waals surface area contributed by atoms with Crippen molar-refractivity contribution in [2.24, 2.45) is 0 Å². The molecule has 2 N–H and O–H groups in total. The van der Waals surface area contributed by atoms with Crippen LogP contribution in [0.2, 0.25) is 0 Å². The van der Waals surface area contributed by atoms with E-state index in [2.05, 4.69) is 15.3 Å². The van der Waals surface area contributed by atoms with Gasteiger partial charge in [0.05, 0.1) is 12.2 Å². The molecule has 0 spiro atoms. The summed E-state index contributed by atoms with van der Waals surface area (Å²) in [5.74, 6) is -0.802. The van der Waals surface area contributed by atoms with Gasteiger partial charge in [0.2, 0.25) is 17.7 Å². The normalized spacial score (nSPS) is 12.1. The lowest BCUT2D eigenvalue weighted by molar-refractivity contribution is -0.119. The molecule has 2 aromatic heterocycles. The minimum Gasteiger partial charge on any atom is -0.505 e. The highest BCUT2D eigenvalue weighted by atomic mass is 19.1. The van der Waals surface area contributed by atoms with Gasteiger partial charge in [-0.25, -0.2) is 14.4 Å². The third kappa shape index (κ3) is 3.85. The maximum Gasteiger partial charge on any atom is 0.227 e. The molecule has 0 aliphatic rings. The summed E-state index contributed by atoms with van der Waals surface area (Å²) >= 11 is 0. The highest BCUT2D eigenvalue weighted by Gasteiger charge is 2.13. The Morgan fingerprint density at radius 1 is 1.44 bits per heavy atom.